The first-order valence-electron chi connectivity index (χ1n) is 5.66. The molecule has 1 atom stereocenters. The predicted molar refractivity (Wildman–Crippen MR) is 59.9 cm³/mol. The summed E-state index contributed by atoms with van der Waals surface area (Å²) in [5.41, 5.74) is 0. The van der Waals surface area contributed by atoms with Gasteiger partial charge in [-0.25, -0.2) is 4.79 Å². The van der Waals surface area contributed by atoms with Gasteiger partial charge in [0.05, 0.1) is 6.04 Å². The zero-order valence-electron chi connectivity index (χ0n) is 9.68. The first-order chi connectivity index (χ1) is 8.08. The number of carboxylic acid groups (broad SMARTS) is 1. The molecule has 2 heterocycles. The van der Waals surface area contributed by atoms with Crippen molar-refractivity contribution < 1.29 is 19.1 Å². The fraction of sp³-hybridized carbons (Fsp3) is 0.500. The third-order valence-corrected chi connectivity index (χ3v) is 3.15. The zero-order valence-corrected chi connectivity index (χ0v) is 9.68. The summed E-state index contributed by atoms with van der Waals surface area (Å²) in [5, 5.41) is 8.77. The highest BCUT2D eigenvalue weighted by Crippen LogP contribution is 2.24. The molecular weight excluding hydrogens is 222 g/mol. The van der Waals surface area contributed by atoms with Crippen LogP contribution in [0.15, 0.2) is 16.5 Å². The molecule has 0 aromatic carbocycles. The average Bonchev–Trinajstić information content (AvgIpc) is 2.78. The van der Waals surface area contributed by atoms with Crippen LogP contribution in [0.2, 0.25) is 0 Å². The van der Waals surface area contributed by atoms with Crippen molar-refractivity contribution in [1.29, 1.82) is 0 Å². The van der Waals surface area contributed by atoms with Gasteiger partial charge in [0, 0.05) is 25.9 Å². The topological polar surface area (TPSA) is 70.8 Å². The largest absolute Gasteiger partial charge is 0.475 e. The zero-order chi connectivity index (χ0) is 12.4. The van der Waals surface area contributed by atoms with Gasteiger partial charge in [-0.15, -0.1) is 0 Å². The molecule has 0 aliphatic carbocycles. The number of nitrogens with zero attached hydrogens (tertiary/aromatic N) is 1. The van der Waals surface area contributed by atoms with Crippen LogP contribution in [0.25, 0.3) is 0 Å². The predicted octanol–water partition coefficient (Wildman–Crippen LogP) is 1.70. The summed E-state index contributed by atoms with van der Waals surface area (Å²) in [5.74, 6) is -0.173. The molecular formula is C12H15NO4. The molecule has 1 unspecified atom stereocenters. The average molecular weight is 237 g/mol. The molecule has 5 nitrogen and oxygen atoms in total. The van der Waals surface area contributed by atoms with Gasteiger partial charge in [-0.05, 0) is 19.1 Å². The van der Waals surface area contributed by atoms with Crippen LogP contribution >= 0.6 is 0 Å². The van der Waals surface area contributed by atoms with Gasteiger partial charge in [-0.3, -0.25) is 9.69 Å². The van der Waals surface area contributed by atoms with Crippen molar-refractivity contribution in [3.63, 3.8) is 0 Å². The molecule has 1 N–H and O–H groups in total. The molecule has 0 spiro atoms. The minimum atomic E-state index is -1.06. The Morgan fingerprint density at radius 1 is 1.41 bits per heavy atom. The molecule has 2 rings (SSSR count). The lowest BCUT2D eigenvalue weighted by Crippen LogP contribution is -2.35. The molecule has 1 aliphatic heterocycles. The Hall–Kier alpha value is -1.62. The number of carbonyl (C=O) groups is 2. The molecule has 1 fully saturated rings. The van der Waals surface area contributed by atoms with E-state index in [2.05, 4.69) is 4.90 Å². The van der Waals surface area contributed by atoms with Gasteiger partial charge in [-0.1, -0.05) is 0 Å². The van der Waals surface area contributed by atoms with Gasteiger partial charge in [-0.2, -0.15) is 0 Å². The Labute approximate surface area is 99.0 Å². The van der Waals surface area contributed by atoms with E-state index in [1.807, 2.05) is 6.92 Å². The Balaban J connectivity index is 2.05. The highest BCUT2D eigenvalue weighted by atomic mass is 16.4. The van der Waals surface area contributed by atoms with Gasteiger partial charge >= 0.3 is 5.97 Å². The third-order valence-electron chi connectivity index (χ3n) is 3.15. The first-order valence-corrected chi connectivity index (χ1v) is 5.66. The Bertz CT molecular complexity index is 427. The van der Waals surface area contributed by atoms with E-state index >= 15 is 0 Å². The number of furan rings is 1. The van der Waals surface area contributed by atoms with Gasteiger partial charge < -0.3 is 9.52 Å². The Morgan fingerprint density at radius 3 is 2.59 bits per heavy atom. The number of aromatic carboxylic acids is 1. The third kappa shape index (κ3) is 2.55. The van der Waals surface area contributed by atoms with Crippen molar-refractivity contribution in [2.45, 2.75) is 25.8 Å². The van der Waals surface area contributed by atoms with E-state index < -0.39 is 5.97 Å². The van der Waals surface area contributed by atoms with E-state index in [9.17, 15) is 9.59 Å². The molecule has 5 heteroatoms. The second kappa shape index (κ2) is 4.71. The summed E-state index contributed by atoms with van der Waals surface area (Å²) in [6.45, 7) is 3.38. The molecule has 0 radical (unpaired) electrons. The quantitative estimate of drug-likeness (QED) is 0.866. The minimum absolute atomic E-state index is 0.0104. The molecule has 1 aromatic heterocycles. The number of ketones is 1. The maximum absolute atomic E-state index is 11.1. The number of carbonyl (C=O) groups excluding carboxylic acids is 1. The lowest BCUT2D eigenvalue weighted by atomic mass is 10.1. The number of carboxylic acids is 1. The van der Waals surface area contributed by atoms with Gasteiger partial charge in [0.15, 0.2) is 0 Å². The van der Waals surface area contributed by atoms with Crippen molar-refractivity contribution in [1.82, 2.24) is 4.90 Å². The number of rotatable bonds is 3. The number of hydrogen-bond donors (Lipinski definition) is 1. The van der Waals surface area contributed by atoms with Crippen LogP contribution in [0.1, 0.15) is 42.1 Å². The van der Waals surface area contributed by atoms with Crippen LogP contribution in [-0.4, -0.2) is 34.8 Å². The van der Waals surface area contributed by atoms with Crippen LogP contribution in [-0.2, 0) is 4.79 Å². The smallest absolute Gasteiger partial charge is 0.371 e. The summed E-state index contributed by atoms with van der Waals surface area (Å²) in [6, 6.07) is 3.16. The summed E-state index contributed by atoms with van der Waals surface area (Å²) in [4.78, 5) is 24.0. The number of Topliss-reactive ketones (excluding diaryl/α,β-unsaturated/α-hetero) is 1. The lowest BCUT2D eigenvalue weighted by molar-refractivity contribution is -0.121. The summed E-state index contributed by atoms with van der Waals surface area (Å²) in [6.07, 6.45) is 1.13. The van der Waals surface area contributed by atoms with Crippen molar-refractivity contribution in [2.75, 3.05) is 13.1 Å². The molecule has 0 amide bonds. The van der Waals surface area contributed by atoms with Gasteiger partial charge in [0.2, 0.25) is 5.76 Å². The van der Waals surface area contributed by atoms with Crippen LogP contribution in [0, 0.1) is 0 Å². The highest BCUT2D eigenvalue weighted by molar-refractivity contribution is 5.84. The number of hydrogen-bond acceptors (Lipinski definition) is 4. The second-order valence-electron chi connectivity index (χ2n) is 4.26. The molecule has 0 saturated carbocycles. The fourth-order valence-corrected chi connectivity index (χ4v) is 2.03. The second-order valence-corrected chi connectivity index (χ2v) is 4.26. The molecule has 92 valence electrons. The molecule has 0 bridgehead atoms. The SMILES string of the molecule is CC(c1ccc(C(=O)O)o1)N1CCC(=O)CC1. The maximum atomic E-state index is 11.1. The van der Waals surface area contributed by atoms with Crippen LogP contribution < -0.4 is 0 Å². The monoisotopic (exact) mass is 237 g/mol. The van der Waals surface area contributed by atoms with E-state index in [-0.39, 0.29) is 11.8 Å². The van der Waals surface area contributed by atoms with E-state index in [1.165, 1.54) is 6.07 Å². The van der Waals surface area contributed by atoms with Crippen LogP contribution in [0.4, 0.5) is 0 Å². The maximum Gasteiger partial charge on any atom is 0.371 e. The standard InChI is InChI=1S/C12H15NO4/c1-8(13-6-4-9(14)5-7-13)10-2-3-11(17-10)12(15)16/h2-3,8H,4-7H2,1H3,(H,15,16). The van der Waals surface area contributed by atoms with Crippen molar-refractivity contribution in [3.8, 4) is 0 Å². The summed E-state index contributed by atoms with van der Waals surface area (Å²) < 4.78 is 5.26. The molecule has 1 aromatic rings. The van der Waals surface area contributed by atoms with Gasteiger partial charge in [0.1, 0.15) is 11.5 Å². The van der Waals surface area contributed by atoms with Crippen molar-refractivity contribution >= 4 is 11.8 Å². The molecule has 1 saturated heterocycles. The van der Waals surface area contributed by atoms with E-state index in [4.69, 9.17) is 9.52 Å². The first kappa shape index (κ1) is 11.9. The fourth-order valence-electron chi connectivity index (χ4n) is 2.03. The van der Waals surface area contributed by atoms with Crippen molar-refractivity contribution in [3.05, 3.63) is 23.7 Å². The highest BCUT2D eigenvalue weighted by Gasteiger charge is 2.24. The summed E-state index contributed by atoms with van der Waals surface area (Å²) in [7, 11) is 0. The van der Waals surface area contributed by atoms with Crippen LogP contribution in [0.3, 0.4) is 0 Å². The van der Waals surface area contributed by atoms with E-state index in [0.717, 1.165) is 0 Å². The Kier molecular flexibility index (Phi) is 3.28. The Morgan fingerprint density at radius 2 is 2.06 bits per heavy atom. The van der Waals surface area contributed by atoms with E-state index in [0.29, 0.717) is 37.5 Å². The number of likely N-dealkylation sites (tertiary alicyclic amines) is 1. The van der Waals surface area contributed by atoms with E-state index in [1.54, 1.807) is 6.07 Å². The number of piperidine rings is 1. The van der Waals surface area contributed by atoms with Crippen molar-refractivity contribution in [2.24, 2.45) is 0 Å². The minimum Gasteiger partial charge on any atom is -0.475 e. The molecule has 17 heavy (non-hydrogen) atoms. The lowest BCUT2D eigenvalue weighted by Gasteiger charge is -2.30. The summed E-state index contributed by atoms with van der Waals surface area (Å²) >= 11 is 0. The van der Waals surface area contributed by atoms with Crippen LogP contribution in [0.5, 0.6) is 0 Å². The molecule has 1 aliphatic rings. The van der Waals surface area contributed by atoms with Gasteiger partial charge in [0.25, 0.3) is 0 Å². The normalized spacial score (nSPS) is 19.2.